The quantitative estimate of drug-likeness (QED) is 0.569. The van der Waals surface area contributed by atoms with Crippen LogP contribution in [0.2, 0.25) is 0 Å². The average Bonchev–Trinajstić information content (AvgIpc) is 2.35. The van der Waals surface area contributed by atoms with E-state index < -0.39 is 11.4 Å². The van der Waals surface area contributed by atoms with Crippen molar-refractivity contribution in [3.05, 3.63) is 24.8 Å². The molecule has 0 radical (unpaired) electrons. The van der Waals surface area contributed by atoms with Crippen LogP contribution in [0.5, 0.6) is 0 Å². The van der Waals surface area contributed by atoms with Gasteiger partial charge in [-0.15, -0.1) is 6.58 Å². The predicted molar refractivity (Wildman–Crippen MR) is 66.7 cm³/mol. The third-order valence-corrected chi connectivity index (χ3v) is 3.61. The van der Waals surface area contributed by atoms with E-state index in [-0.39, 0.29) is 11.4 Å². The van der Waals surface area contributed by atoms with Crippen molar-refractivity contribution in [2.75, 3.05) is 0 Å². The molecule has 1 fully saturated rings. The Hall–Kier alpha value is -1.38. The molecule has 1 saturated carbocycles. The lowest BCUT2D eigenvalue weighted by Gasteiger charge is -2.34. The Bertz CT molecular complexity index is 335. The van der Waals surface area contributed by atoms with E-state index in [1.54, 1.807) is 6.08 Å². The third-order valence-electron chi connectivity index (χ3n) is 3.61. The Morgan fingerprint density at radius 1 is 1.24 bits per heavy atom. The second-order valence-electron chi connectivity index (χ2n) is 4.68. The van der Waals surface area contributed by atoms with E-state index >= 15 is 0 Å². The topological polar surface area (TPSA) is 54.4 Å². The van der Waals surface area contributed by atoms with Gasteiger partial charge < -0.3 is 5.11 Å². The van der Waals surface area contributed by atoms with Crippen molar-refractivity contribution in [3.8, 4) is 0 Å². The first-order valence-electron chi connectivity index (χ1n) is 6.11. The first-order valence-corrected chi connectivity index (χ1v) is 6.11. The predicted octanol–water partition coefficient (Wildman–Crippen LogP) is 3.11. The summed E-state index contributed by atoms with van der Waals surface area (Å²) >= 11 is 0. The van der Waals surface area contributed by atoms with Crippen molar-refractivity contribution < 1.29 is 14.7 Å². The molecule has 0 aliphatic heterocycles. The van der Waals surface area contributed by atoms with Gasteiger partial charge in [0.05, 0.1) is 5.41 Å². The first-order chi connectivity index (χ1) is 8.04. The normalized spacial score (nSPS) is 18.4. The number of aliphatic carboxylic acids is 1. The van der Waals surface area contributed by atoms with E-state index in [0.29, 0.717) is 25.7 Å². The van der Waals surface area contributed by atoms with E-state index in [0.717, 1.165) is 19.3 Å². The molecule has 0 bridgehead atoms. The van der Waals surface area contributed by atoms with Crippen LogP contribution in [0.1, 0.15) is 44.9 Å². The van der Waals surface area contributed by atoms with Crippen LogP contribution in [-0.2, 0) is 9.59 Å². The molecule has 0 aromatic rings. The average molecular weight is 236 g/mol. The molecule has 1 N–H and O–H groups in total. The van der Waals surface area contributed by atoms with Gasteiger partial charge >= 0.3 is 5.97 Å². The summed E-state index contributed by atoms with van der Waals surface area (Å²) in [4.78, 5) is 23.4. The lowest BCUT2D eigenvalue weighted by Crippen LogP contribution is -2.37. The second-order valence-corrected chi connectivity index (χ2v) is 4.68. The Balaban J connectivity index is 2.83. The number of hydrogen-bond donors (Lipinski definition) is 1. The maximum atomic E-state index is 11.9. The second kappa shape index (κ2) is 5.80. The summed E-state index contributed by atoms with van der Waals surface area (Å²) in [6.07, 6.45) is 6.41. The molecule has 3 heteroatoms. The van der Waals surface area contributed by atoms with E-state index in [1.165, 1.54) is 0 Å². The van der Waals surface area contributed by atoms with E-state index in [2.05, 4.69) is 13.2 Å². The highest BCUT2D eigenvalue weighted by atomic mass is 16.4. The Labute approximate surface area is 102 Å². The summed E-state index contributed by atoms with van der Waals surface area (Å²) in [5.74, 6) is -1.02. The Morgan fingerprint density at radius 3 is 2.29 bits per heavy atom. The summed E-state index contributed by atoms with van der Waals surface area (Å²) in [7, 11) is 0. The van der Waals surface area contributed by atoms with E-state index in [4.69, 9.17) is 0 Å². The van der Waals surface area contributed by atoms with E-state index in [9.17, 15) is 14.7 Å². The maximum Gasteiger partial charge on any atom is 0.314 e. The molecule has 3 nitrogen and oxygen atoms in total. The fraction of sp³-hybridized carbons (Fsp3) is 0.571. The van der Waals surface area contributed by atoms with Crippen molar-refractivity contribution in [1.29, 1.82) is 0 Å². The molecule has 0 heterocycles. The molecule has 0 unspecified atom stereocenters. The van der Waals surface area contributed by atoms with Crippen LogP contribution in [0.3, 0.4) is 0 Å². The number of carboxylic acids is 1. The van der Waals surface area contributed by atoms with Crippen LogP contribution in [0.15, 0.2) is 24.8 Å². The Morgan fingerprint density at radius 2 is 1.82 bits per heavy atom. The summed E-state index contributed by atoms with van der Waals surface area (Å²) in [5.41, 5.74) is -0.720. The minimum Gasteiger partial charge on any atom is -0.481 e. The van der Waals surface area contributed by atoms with Gasteiger partial charge in [0.2, 0.25) is 0 Å². The van der Waals surface area contributed by atoms with E-state index in [1.807, 2.05) is 0 Å². The van der Waals surface area contributed by atoms with Crippen molar-refractivity contribution >= 4 is 11.8 Å². The van der Waals surface area contributed by atoms with Gasteiger partial charge in [0, 0.05) is 12.0 Å². The standard InChI is InChI=1S/C14H20O3/c1-3-4-8-12(15)11(2)14(13(16)17)9-6-5-7-10-14/h3H,1-2,4-10H2,(H,16,17). The maximum absolute atomic E-state index is 11.9. The van der Waals surface area contributed by atoms with Crippen LogP contribution in [0.4, 0.5) is 0 Å². The van der Waals surface area contributed by atoms with Crippen LogP contribution < -0.4 is 0 Å². The molecule has 0 aromatic carbocycles. The van der Waals surface area contributed by atoms with Gasteiger partial charge in [0.15, 0.2) is 5.78 Å². The van der Waals surface area contributed by atoms with Gasteiger partial charge in [-0.1, -0.05) is 31.9 Å². The molecule has 1 aliphatic rings. The SMILES string of the molecule is C=CCCC(=O)C(=C)C1(C(=O)O)CCCCC1. The molecular formula is C14H20O3. The number of allylic oxidation sites excluding steroid dienone is 1. The fourth-order valence-electron chi connectivity index (χ4n) is 2.45. The monoisotopic (exact) mass is 236 g/mol. The number of ketones is 1. The first kappa shape index (κ1) is 13.7. The molecule has 0 atom stereocenters. The van der Waals surface area contributed by atoms with Crippen molar-refractivity contribution in [2.45, 2.75) is 44.9 Å². The van der Waals surface area contributed by atoms with Crippen LogP contribution >= 0.6 is 0 Å². The minimum atomic E-state index is -1.00. The molecule has 0 saturated heterocycles. The zero-order valence-corrected chi connectivity index (χ0v) is 10.2. The summed E-state index contributed by atoms with van der Waals surface area (Å²) in [6.45, 7) is 7.32. The minimum absolute atomic E-state index is 0.130. The van der Waals surface area contributed by atoms with Crippen molar-refractivity contribution in [1.82, 2.24) is 0 Å². The summed E-state index contributed by atoms with van der Waals surface area (Å²) in [5, 5.41) is 9.40. The van der Waals surface area contributed by atoms with Gasteiger partial charge in [-0.25, -0.2) is 0 Å². The Kier molecular flexibility index (Phi) is 4.67. The van der Waals surface area contributed by atoms with Crippen molar-refractivity contribution in [3.63, 3.8) is 0 Å². The summed E-state index contributed by atoms with van der Waals surface area (Å²) < 4.78 is 0. The molecule has 0 aromatic heterocycles. The number of rotatable bonds is 6. The zero-order chi connectivity index (χ0) is 12.9. The number of carbonyl (C=O) groups is 2. The molecular weight excluding hydrogens is 216 g/mol. The molecule has 0 spiro atoms. The van der Waals surface area contributed by atoms with Crippen LogP contribution in [0.25, 0.3) is 0 Å². The highest BCUT2D eigenvalue weighted by molar-refractivity contribution is 6.01. The molecule has 1 aliphatic carbocycles. The van der Waals surface area contributed by atoms with Gasteiger partial charge in [0.1, 0.15) is 0 Å². The molecule has 1 rings (SSSR count). The lowest BCUT2D eigenvalue weighted by atomic mass is 9.68. The zero-order valence-electron chi connectivity index (χ0n) is 10.2. The number of hydrogen-bond acceptors (Lipinski definition) is 2. The summed E-state index contributed by atoms with van der Waals surface area (Å²) in [6, 6.07) is 0. The smallest absolute Gasteiger partial charge is 0.314 e. The molecule has 17 heavy (non-hydrogen) atoms. The number of carbonyl (C=O) groups excluding carboxylic acids is 1. The highest BCUT2D eigenvalue weighted by Gasteiger charge is 2.44. The fourth-order valence-corrected chi connectivity index (χ4v) is 2.45. The largest absolute Gasteiger partial charge is 0.481 e. The van der Waals surface area contributed by atoms with Gasteiger partial charge in [-0.05, 0) is 19.3 Å². The van der Waals surface area contributed by atoms with Gasteiger partial charge in [-0.3, -0.25) is 9.59 Å². The lowest BCUT2D eigenvalue weighted by molar-refractivity contribution is -0.149. The number of carboxylic acid groups (broad SMARTS) is 1. The molecule has 94 valence electrons. The van der Waals surface area contributed by atoms with Gasteiger partial charge in [-0.2, -0.15) is 0 Å². The highest BCUT2D eigenvalue weighted by Crippen LogP contribution is 2.42. The van der Waals surface area contributed by atoms with Gasteiger partial charge in [0.25, 0.3) is 0 Å². The van der Waals surface area contributed by atoms with Crippen molar-refractivity contribution in [2.24, 2.45) is 5.41 Å². The number of Topliss-reactive ketones (excluding diaryl/α,β-unsaturated/α-hetero) is 1. The van der Waals surface area contributed by atoms with Crippen LogP contribution in [0, 0.1) is 5.41 Å². The molecule has 0 amide bonds. The third kappa shape index (κ3) is 2.84. The van der Waals surface area contributed by atoms with Crippen LogP contribution in [-0.4, -0.2) is 16.9 Å².